The van der Waals surface area contributed by atoms with E-state index in [0.717, 1.165) is 43.8 Å². The summed E-state index contributed by atoms with van der Waals surface area (Å²) in [6.07, 6.45) is 3.14. The second kappa shape index (κ2) is 4.31. The monoisotopic (exact) mass is 234 g/mol. The molecule has 0 bridgehead atoms. The molecule has 0 radical (unpaired) electrons. The van der Waals surface area contributed by atoms with Crippen molar-refractivity contribution in [3.63, 3.8) is 0 Å². The lowest BCUT2D eigenvalue weighted by molar-refractivity contribution is -0.0271. The number of aliphatic hydroxyl groups is 1. The second-order valence-corrected chi connectivity index (χ2v) is 5.01. The molecule has 1 unspecified atom stereocenters. The average Bonchev–Trinajstić information content (AvgIpc) is 2.55. The Hall–Kier alpha value is -1.06. The second-order valence-electron chi connectivity index (χ2n) is 5.01. The van der Waals surface area contributed by atoms with Gasteiger partial charge >= 0.3 is 0 Å². The first kappa shape index (κ1) is 11.1. The van der Waals surface area contributed by atoms with Crippen molar-refractivity contribution in [1.82, 2.24) is 0 Å². The minimum absolute atomic E-state index is 0.218. The highest BCUT2D eigenvalue weighted by Crippen LogP contribution is 2.43. The molecule has 2 aliphatic heterocycles. The van der Waals surface area contributed by atoms with Gasteiger partial charge in [-0.2, -0.15) is 0 Å². The van der Waals surface area contributed by atoms with E-state index in [-0.39, 0.29) is 5.60 Å². The van der Waals surface area contributed by atoms with Gasteiger partial charge in [-0.3, -0.25) is 0 Å². The molecule has 2 heterocycles. The maximum Gasteiger partial charge on any atom is 0.125 e. The molecule has 2 aliphatic rings. The third-order valence-electron chi connectivity index (χ3n) is 3.79. The van der Waals surface area contributed by atoms with E-state index in [2.05, 4.69) is 0 Å². The third kappa shape index (κ3) is 2.05. The number of benzene rings is 1. The first-order valence-electron chi connectivity index (χ1n) is 6.33. The van der Waals surface area contributed by atoms with Gasteiger partial charge < -0.3 is 14.6 Å². The van der Waals surface area contributed by atoms with Crippen LogP contribution < -0.4 is 4.74 Å². The zero-order valence-corrected chi connectivity index (χ0v) is 9.89. The SMILES string of the molecule is O[C@H]1CC2(CCCOCC2)Oc2ccccc21. The molecule has 1 aromatic rings. The Morgan fingerprint density at radius 3 is 3.00 bits per heavy atom. The molecule has 0 saturated carbocycles. The number of aliphatic hydroxyl groups excluding tert-OH is 1. The normalized spacial score (nSPS) is 32.6. The fourth-order valence-electron chi connectivity index (χ4n) is 2.87. The number of hydrogen-bond acceptors (Lipinski definition) is 3. The summed E-state index contributed by atoms with van der Waals surface area (Å²) in [5.74, 6) is 0.841. The summed E-state index contributed by atoms with van der Waals surface area (Å²) in [5, 5.41) is 10.2. The van der Waals surface area contributed by atoms with Crippen LogP contribution in [0.15, 0.2) is 24.3 Å². The first-order valence-corrected chi connectivity index (χ1v) is 6.33. The van der Waals surface area contributed by atoms with Gasteiger partial charge in [0.2, 0.25) is 0 Å². The summed E-state index contributed by atoms with van der Waals surface area (Å²) < 4.78 is 11.7. The summed E-state index contributed by atoms with van der Waals surface area (Å²) in [7, 11) is 0. The molecule has 3 nitrogen and oxygen atoms in total. The Balaban J connectivity index is 1.91. The van der Waals surface area contributed by atoms with Crippen LogP contribution in [0.3, 0.4) is 0 Å². The maximum absolute atomic E-state index is 10.2. The van der Waals surface area contributed by atoms with Gasteiger partial charge in [0, 0.05) is 25.0 Å². The Labute approximate surface area is 101 Å². The van der Waals surface area contributed by atoms with Crippen LogP contribution in [0.5, 0.6) is 5.75 Å². The van der Waals surface area contributed by atoms with Crippen molar-refractivity contribution in [1.29, 1.82) is 0 Å². The van der Waals surface area contributed by atoms with Crippen LogP contribution in [0.2, 0.25) is 0 Å². The van der Waals surface area contributed by atoms with Crippen LogP contribution >= 0.6 is 0 Å². The molecule has 1 saturated heterocycles. The van der Waals surface area contributed by atoms with Crippen molar-refractivity contribution in [2.45, 2.75) is 37.4 Å². The predicted molar refractivity (Wildman–Crippen MR) is 64.0 cm³/mol. The standard InChI is InChI=1S/C14H18O3/c15-12-10-14(6-3-8-16-9-7-14)17-13-5-2-1-4-11(12)13/h1-2,4-5,12,15H,3,6-10H2/t12-,14?/m0/s1. The van der Waals surface area contributed by atoms with Crippen molar-refractivity contribution in [2.75, 3.05) is 13.2 Å². The first-order chi connectivity index (χ1) is 8.29. The van der Waals surface area contributed by atoms with Crippen molar-refractivity contribution in [2.24, 2.45) is 0 Å². The number of fused-ring (bicyclic) bond motifs is 1. The van der Waals surface area contributed by atoms with E-state index < -0.39 is 6.10 Å². The highest BCUT2D eigenvalue weighted by atomic mass is 16.5. The number of ether oxygens (including phenoxy) is 2. The average molecular weight is 234 g/mol. The van der Waals surface area contributed by atoms with Crippen molar-refractivity contribution < 1.29 is 14.6 Å². The largest absolute Gasteiger partial charge is 0.487 e. The molecule has 1 spiro atoms. The molecule has 17 heavy (non-hydrogen) atoms. The van der Waals surface area contributed by atoms with E-state index in [4.69, 9.17) is 9.47 Å². The third-order valence-corrected chi connectivity index (χ3v) is 3.79. The summed E-state index contributed by atoms with van der Waals surface area (Å²) in [5.41, 5.74) is 0.702. The van der Waals surface area contributed by atoms with Gasteiger partial charge in [-0.15, -0.1) is 0 Å². The minimum Gasteiger partial charge on any atom is -0.487 e. The van der Waals surface area contributed by atoms with Gasteiger partial charge in [-0.1, -0.05) is 18.2 Å². The summed E-state index contributed by atoms with van der Waals surface area (Å²) in [6, 6.07) is 7.79. The Morgan fingerprint density at radius 2 is 2.06 bits per heavy atom. The lowest BCUT2D eigenvalue weighted by Gasteiger charge is -2.40. The molecule has 3 rings (SSSR count). The van der Waals surface area contributed by atoms with Gasteiger partial charge in [-0.05, 0) is 18.9 Å². The van der Waals surface area contributed by atoms with Gasteiger partial charge in [0.1, 0.15) is 11.4 Å². The fourth-order valence-corrected chi connectivity index (χ4v) is 2.87. The molecule has 1 N–H and O–H groups in total. The summed E-state index contributed by atoms with van der Waals surface area (Å²) in [4.78, 5) is 0. The molecule has 1 fully saturated rings. The number of rotatable bonds is 0. The Morgan fingerprint density at radius 1 is 1.18 bits per heavy atom. The molecule has 92 valence electrons. The zero-order chi connectivity index (χ0) is 11.7. The fraction of sp³-hybridized carbons (Fsp3) is 0.571. The van der Waals surface area contributed by atoms with E-state index in [1.807, 2.05) is 24.3 Å². The molecule has 0 aromatic heterocycles. The number of para-hydroxylation sites is 1. The van der Waals surface area contributed by atoms with Crippen LogP contribution in [-0.2, 0) is 4.74 Å². The van der Waals surface area contributed by atoms with Crippen LogP contribution in [-0.4, -0.2) is 23.9 Å². The topological polar surface area (TPSA) is 38.7 Å². The molecule has 0 aliphatic carbocycles. The van der Waals surface area contributed by atoms with Crippen LogP contribution in [0, 0.1) is 0 Å². The lowest BCUT2D eigenvalue weighted by Crippen LogP contribution is -2.41. The molecular weight excluding hydrogens is 216 g/mol. The predicted octanol–water partition coefficient (Wildman–Crippen LogP) is 2.44. The van der Waals surface area contributed by atoms with Crippen molar-refractivity contribution >= 4 is 0 Å². The summed E-state index contributed by atoms with van der Waals surface area (Å²) >= 11 is 0. The highest BCUT2D eigenvalue weighted by molar-refractivity contribution is 5.38. The van der Waals surface area contributed by atoms with E-state index in [1.54, 1.807) is 0 Å². The van der Waals surface area contributed by atoms with Gasteiger partial charge in [0.05, 0.1) is 12.7 Å². The quantitative estimate of drug-likeness (QED) is 0.749. The van der Waals surface area contributed by atoms with Gasteiger partial charge in [0.15, 0.2) is 0 Å². The molecular formula is C14H18O3. The van der Waals surface area contributed by atoms with Crippen LogP contribution in [0.4, 0.5) is 0 Å². The van der Waals surface area contributed by atoms with Crippen molar-refractivity contribution in [3.8, 4) is 5.75 Å². The summed E-state index contributed by atoms with van der Waals surface area (Å²) in [6.45, 7) is 1.54. The van der Waals surface area contributed by atoms with Gasteiger partial charge in [-0.25, -0.2) is 0 Å². The van der Waals surface area contributed by atoms with Crippen LogP contribution in [0.1, 0.15) is 37.4 Å². The maximum atomic E-state index is 10.2. The Kier molecular flexibility index (Phi) is 2.81. The molecule has 1 aromatic carbocycles. The Bertz CT molecular complexity index is 394. The van der Waals surface area contributed by atoms with Crippen molar-refractivity contribution in [3.05, 3.63) is 29.8 Å². The number of hydrogen-bond donors (Lipinski definition) is 1. The molecule has 0 amide bonds. The molecule has 3 heteroatoms. The van der Waals surface area contributed by atoms with E-state index >= 15 is 0 Å². The highest BCUT2D eigenvalue weighted by Gasteiger charge is 2.40. The van der Waals surface area contributed by atoms with E-state index in [1.165, 1.54) is 0 Å². The zero-order valence-electron chi connectivity index (χ0n) is 9.89. The van der Waals surface area contributed by atoms with E-state index in [9.17, 15) is 5.11 Å². The molecule has 2 atom stereocenters. The van der Waals surface area contributed by atoms with Gasteiger partial charge in [0.25, 0.3) is 0 Å². The minimum atomic E-state index is -0.405. The van der Waals surface area contributed by atoms with Crippen LogP contribution in [0.25, 0.3) is 0 Å². The van der Waals surface area contributed by atoms with E-state index in [0.29, 0.717) is 6.42 Å². The lowest BCUT2D eigenvalue weighted by atomic mass is 9.83. The smallest absolute Gasteiger partial charge is 0.125 e.